The van der Waals surface area contributed by atoms with Gasteiger partial charge in [0.1, 0.15) is 5.82 Å². The Balaban J connectivity index is 2.43. The van der Waals surface area contributed by atoms with Crippen LogP contribution in [0.4, 0.5) is 0 Å². The van der Waals surface area contributed by atoms with E-state index in [9.17, 15) is 0 Å². The molecular weight excluding hydrogens is 248 g/mol. The Bertz CT molecular complexity index is 534. The summed E-state index contributed by atoms with van der Waals surface area (Å²) in [7, 11) is 0. The van der Waals surface area contributed by atoms with E-state index in [1.165, 1.54) is 0 Å². The third-order valence-electron chi connectivity index (χ3n) is 2.92. The first-order valence-corrected chi connectivity index (χ1v) is 6.74. The first-order valence-electron chi connectivity index (χ1n) is 6.37. The highest BCUT2D eigenvalue weighted by molar-refractivity contribution is 6.31. The number of rotatable bonds is 5. The smallest absolute Gasteiger partial charge is 0.112 e. The SMILES string of the molecule is CCOCCn1c(C(C)C)nc2ccc(Cl)cc21. The minimum atomic E-state index is 0.387. The highest BCUT2D eigenvalue weighted by Gasteiger charge is 2.13. The van der Waals surface area contributed by atoms with Gasteiger partial charge in [0.15, 0.2) is 0 Å². The number of benzene rings is 1. The first-order chi connectivity index (χ1) is 8.63. The quantitative estimate of drug-likeness (QED) is 0.769. The first kappa shape index (κ1) is 13.4. The molecule has 1 heterocycles. The van der Waals surface area contributed by atoms with Gasteiger partial charge in [0.2, 0.25) is 0 Å². The molecule has 0 bridgehead atoms. The van der Waals surface area contributed by atoms with Gasteiger partial charge < -0.3 is 9.30 Å². The van der Waals surface area contributed by atoms with Gasteiger partial charge in [-0.2, -0.15) is 0 Å². The van der Waals surface area contributed by atoms with Crippen LogP contribution < -0.4 is 0 Å². The molecule has 3 nitrogen and oxygen atoms in total. The molecule has 0 N–H and O–H groups in total. The molecule has 0 spiro atoms. The summed E-state index contributed by atoms with van der Waals surface area (Å²) in [5.74, 6) is 1.48. The summed E-state index contributed by atoms with van der Waals surface area (Å²) < 4.78 is 7.65. The molecule has 18 heavy (non-hydrogen) atoms. The van der Waals surface area contributed by atoms with Crippen LogP contribution >= 0.6 is 11.6 Å². The van der Waals surface area contributed by atoms with Gasteiger partial charge in [-0.25, -0.2) is 4.98 Å². The molecule has 2 aromatic rings. The molecule has 0 fully saturated rings. The Morgan fingerprint density at radius 3 is 2.83 bits per heavy atom. The summed E-state index contributed by atoms with van der Waals surface area (Å²) in [4.78, 5) is 4.68. The fourth-order valence-corrected chi connectivity index (χ4v) is 2.26. The lowest BCUT2D eigenvalue weighted by Gasteiger charge is -2.11. The maximum Gasteiger partial charge on any atom is 0.112 e. The summed E-state index contributed by atoms with van der Waals surface area (Å²) >= 11 is 6.07. The Hall–Kier alpha value is -1.06. The number of halogens is 1. The second-order valence-corrected chi connectivity index (χ2v) is 5.04. The number of fused-ring (bicyclic) bond motifs is 1. The summed E-state index contributed by atoms with van der Waals surface area (Å²) in [5, 5.41) is 0.746. The predicted molar refractivity (Wildman–Crippen MR) is 75.3 cm³/mol. The van der Waals surface area contributed by atoms with Gasteiger partial charge in [0, 0.05) is 24.1 Å². The topological polar surface area (TPSA) is 27.1 Å². The Morgan fingerprint density at radius 2 is 2.17 bits per heavy atom. The summed E-state index contributed by atoms with van der Waals surface area (Å²) in [6, 6.07) is 5.83. The van der Waals surface area contributed by atoms with Crippen molar-refractivity contribution in [3.63, 3.8) is 0 Å². The number of aromatic nitrogens is 2. The van der Waals surface area contributed by atoms with E-state index in [-0.39, 0.29) is 0 Å². The third-order valence-corrected chi connectivity index (χ3v) is 3.15. The molecule has 0 aliphatic heterocycles. The number of nitrogens with zero attached hydrogens (tertiary/aromatic N) is 2. The van der Waals surface area contributed by atoms with Crippen LogP contribution in [-0.4, -0.2) is 22.8 Å². The molecule has 4 heteroatoms. The average Bonchev–Trinajstić information content (AvgIpc) is 2.68. The van der Waals surface area contributed by atoms with Crippen LogP contribution in [0.15, 0.2) is 18.2 Å². The largest absolute Gasteiger partial charge is 0.380 e. The normalized spacial score (nSPS) is 11.6. The van der Waals surface area contributed by atoms with Gasteiger partial charge in [-0.1, -0.05) is 25.4 Å². The molecule has 2 rings (SSSR count). The van der Waals surface area contributed by atoms with Crippen molar-refractivity contribution in [2.45, 2.75) is 33.2 Å². The zero-order chi connectivity index (χ0) is 13.1. The average molecular weight is 267 g/mol. The molecule has 1 aromatic heterocycles. The van der Waals surface area contributed by atoms with Gasteiger partial charge in [0.25, 0.3) is 0 Å². The Labute approximate surface area is 113 Å². The highest BCUT2D eigenvalue weighted by atomic mass is 35.5. The van der Waals surface area contributed by atoms with Crippen molar-refractivity contribution in [1.29, 1.82) is 0 Å². The van der Waals surface area contributed by atoms with Crippen LogP contribution in [0.1, 0.15) is 32.5 Å². The molecule has 98 valence electrons. The van der Waals surface area contributed by atoms with Crippen molar-refractivity contribution in [3.8, 4) is 0 Å². The van der Waals surface area contributed by atoms with E-state index >= 15 is 0 Å². The fourth-order valence-electron chi connectivity index (χ4n) is 2.09. The van der Waals surface area contributed by atoms with Gasteiger partial charge in [0.05, 0.1) is 17.6 Å². The van der Waals surface area contributed by atoms with E-state index in [0.717, 1.165) is 35.0 Å². The maximum absolute atomic E-state index is 6.07. The van der Waals surface area contributed by atoms with E-state index in [4.69, 9.17) is 16.3 Å². The molecule has 0 saturated carbocycles. The second-order valence-electron chi connectivity index (χ2n) is 4.61. The van der Waals surface area contributed by atoms with Gasteiger partial charge in [-0.3, -0.25) is 0 Å². The molecule has 1 aromatic carbocycles. The van der Waals surface area contributed by atoms with Crippen LogP contribution in [0.2, 0.25) is 5.02 Å². The van der Waals surface area contributed by atoms with Crippen molar-refractivity contribution in [2.75, 3.05) is 13.2 Å². The van der Waals surface area contributed by atoms with Crippen molar-refractivity contribution in [2.24, 2.45) is 0 Å². The number of hydrogen-bond acceptors (Lipinski definition) is 2. The lowest BCUT2D eigenvalue weighted by atomic mass is 10.2. The molecular formula is C14H19ClN2O. The minimum absolute atomic E-state index is 0.387. The van der Waals surface area contributed by atoms with E-state index in [1.807, 2.05) is 25.1 Å². The Morgan fingerprint density at radius 1 is 1.39 bits per heavy atom. The monoisotopic (exact) mass is 266 g/mol. The lowest BCUT2D eigenvalue weighted by molar-refractivity contribution is 0.139. The van der Waals surface area contributed by atoms with Gasteiger partial charge in [-0.15, -0.1) is 0 Å². The molecule has 0 amide bonds. The van der Waals surface area contributed by atoms with Gasteiger partial charge >= 0.3 is 0 Å². The van der Waals surface area contributed by atoms with Crippen LogP contribution in [0.3, 0.4) is 0 Å². The molecule has 0 atom stereocenters. The zero-order valence-electron chi connectivity index (χ0n) is 11.1. The second kappa shape index (κ2) is 5.72. The lowest BCUT2D eigenvalue weighted by Crippen LogP contribution is -2.10. The van der Waals surface area contributed by atoms with Crippen molar-refractivity contribution >= 4 is 22.6 Å². The predicted octanol–water partition coefficient (Wildman–Crippen LogP) is 3.85. The third kappa shape index (κ3) is 2.68. The number of imidazole rings is 1. The summed E-state index contributed by atoms with van der Waals surface area (Å²) in [6.07, 6.45) is 0. The summed E-state index contributed by atoms with van der Waals surface area (Å²) in [5.41, 5.74) is 2.09. The molecule has 0 aliphatic carbocycles. The standard InChI is InChI=1S/C14H19ClN2O/c1-4-18-8-7-17-13-9-11(15)5-6-12(13)16-14(17)10(2)3/h5-6,9-10H,4,7-8H2,1-3H3. The van der Waals surface area contributed by atoms with E-state index in [1.54, 1.807) is 0 Å². The fraction of sp³-hybridized carbons (Fsp3) is 0.500. The molecule has 0 saturated heterocycles. The minimum Gasteiger partial charge on any atom is -0.380 e. The van der Waals surface area contributed by atoms with Crippen molar-refractivity contribution in [3.05, 3.63) is 29.0 Å². The van der Waals surface area contributed by atoms with Crippen LogP contribution in [0, 0.1) is 0 Å². The maximum atomic E-state index is 6.07. The zero-order valence-corrected chi connectivity index (χ0v) is 11.9. The number of ether oxygens (including phenoxy) is 1. The Kier molecular flexibility index (Phi) is 4.25. The van der Waals surface area contributed by atoms with Crippen molar-refractivity contribution in [1.82, 2.24) is 9.55 Å². The van der Waals surface area contributed by atoms with Gasteiger partial charge in [-0.05, 0) is 25.1 Å². The van der Waals surface area contributed by atoms with E-state index in [0.29, 0.717) is 12.5 Å². The molecule has 0 unspecified atom stereocenters. The van der Waals surface area contributed by atoms with Crippen LogP contribution in [-0.2, 0) is 11.3 Å². The van der Waals surface area contributed by atoms with E-state index in [2.05, 4.69) is 23.4 Å². The van der Waals surface area contributed by atoms with Crippen LogP contribution in [0.25, 0.3) is 11.0 Å². The van der Waals surface area contributed by atoms with Crippen molar-refractivity contribution < 1.29 is 4.74 Å². The van der Waals surface area contributed by atoms with E-state index < -0.39 is 0 Å². The molecule has 0 aliphatic rings. The van der Waals surface area contributed by atoms with Crippen LogP contribution in [0.5, 0.6) is 0 Å². The summed E-state index contributed by atoms with van der Waals surface area (Å²) in [6.45, 7) is 8.57. The molecule has 0 radical (unpaired) electrons. The number of hydrogen-bond donors (Lipinski definition) is 0. The highest BCUT2D eigenvalue weighted by Crippen LogP contribution is 2.24.